The van der Waals surface area contributed by atoms with Crippen molar-refractivity contribution in [2.45, 2.75) is 24.2 Å². The van der Waals surface area contributed by atoms with Crippen molar-refractivity contribution in [1.29, 1.82) is 0 Å². The van der Waals surface area contributed by atoms with E-state index in [1.165, 1.54) is 24.3 Å². The maximum atomic E-state index is 12.3. The zero-order valence-corrected chi connectivity index (χ0v) is 15.7. The third-order valence-electron chi connectivity index (χ3n) is 3.85. The zero-order valence-electron chi connectivity index (χ0n) is 14.1. The van der Waals surface area contributed by atoms with Gasteiger partial charge < -0.3 is 9.67 Å². The lowest BCUT2D eigenvalue weighted by Crippen LogP contribution is -2.26. The number of benzene rings is 1. The van der Waals surface area contributed by atoms with E-state index in [0.29, 0.717) is 22.7 Å². The van der Waals surface area contributed by atoms with Crippen LogP contribution in [0.1, 0.15) is 28.9 Å². The molecular weight excluding hydrogens is 380 g/mol. The molecule has 26 heavy (non-hydrogen) atoms. The van der Waals surface area contributed by atoms with Crippen LogP contribution in [0.4, 0.5) is 0 Å². The predicted octanol–water partition coefficient (Wildman–Crippen LogP) is 2.25. The Morgan fingerprint density at radius 2 is 1.81 bits per heavy atom. The number of carbonyl (C=O) groups excluding carboxylic acids is 1. The van der Waals surface area contributed by atoms with Crippen LogP contribution in [0.2, 0.25) is 5.02 Å². The molecule has 2 aromatic rings. The predicted molar refractivity (Wildman–Crippen MR) is 97.0 cm³/mol. The third-order valence-corrected chi connectivity index (χ3v) is 5.57. The molecule has 1 heterocycles. The molecule has 0 aliphatic carbocycles. The standard InChI is InChI=1S/C17H19ClN2O5S/c1-20-11-9-14(16(21)6-7-17(22)23)15(20)8-10-19-26(24,25)13-4-2-12(18)3-5-13/h2-5,9,11,19H,6-8,10H2,1H3,(H,22,23). The Bertz CT molecular complexity index is 904. The monoisotopic (exact) mass is 398 g/mol. The number of hydrogen-bond acceptors (Lipinski definition) is 4. The molecule has 0 saturated heterocycles. The van der Waals surface area contributed by atoms with Crippen molar-refractivity contribution < 1.29 is 23.1 Å². The number of Topliss-reactive ketones (excluding diaryl/α,β-unsaturated/α-hetero) is 1. The number of halogens is 1. The number of ketones is 1. The molecule has 0 unspecified atom stereocenters. The van der Waals surface area contributed by atoms with E-state index in [9.17, 15) is 18.0 Å². The summed E-state index contributed by atoms with van der Waals surface area (Å²) in [5.74, 6) is -1.31. The summed E-state index contributed by atoms with van der Waals surface area (Å²) in [6, 6.07) is 7.42. The molecule has 0 atom stereocenters. The van der Waals surface area contributed by atoms with Gasteiger partial charge in [-0.05, 0) is 30.3 Å². The van der Waals surface area contributed by atoms with Gasteiger partial charge in [0, 0.05) is 48.9 Å². The summed E-state index contributed by atoms with van der Waals surface area (Å²) in [6.45, 7) is 0.0992. The van der Waals surface area contributed by atoms with Gasteiger partial charge in [-0.3, -0.25) is 9.59 Å². The Hall–Kier alpha value is -2.16. The summed E-state index contributed by atoms with van der Waals surface area (Å²) < 4.78 is 28.7. The molecule has 2 rings (SSSR count). The van der Waals surface area contributed by atoms with Crippen molar-refractivity contribution in [2.75, 3.05) is 6.54 Å². The van der Waals surface area contributed by atoms with Crippen molar-refractivity contribution in [2.24, 2.45) is 7.05 Å². The first-order chi connectivity index (χ1) is 12.2. The normalized spacial score (nSPS) is 11.5. The van der Waals surface area contributed by atoms with Crippen LogP contribution in [-0.2, 0) is 28.3 Å². The zero-order chi connectivity index (χ0) is 19.3. The van der Waals surface area contributed by atoms with Crippen LogP contribution in [-0.4, -0.2) is 36.4 Å². The molecule has 0 spiro atoms. The van der Waals surface area contributed by atoms with E-state index in [2.05, 4.69) is 4.72 Å². The Kier molecular flexibility index (Phi) is 6.57. The Morgan fingerprint density at radius 1 is 1.15 bits per heavy atom. The number of sulfonamides is 1. The molecule has 0 fully saturated rings. The van der Waals surface area contributed by atoms with E-state index in [0.717, 1.165) is 0 Å². The highest BCUT2D eigenvalue weighted by Gasteiger charge is 2.17. The van der Waals surface area contributed by atoms with E-state index in [1.807, 2.05) is 0 Å². The second kappa shape index (κ2) is 8.48. The number of carboxylic acid groups (broad SMARTS) is 1. The topological polar surface area (TPSA) is 105 Å². The number of nitrogens with zero attached hydrogens (tertiary/aromatic N) is 1. The Labute approximate surface area is 156 Å². The van der Waals surface area contributed by atoms with Crippen LogP contribution in [0.3, 0.4) is 0 Å². The molecule has 0 aliphatic heterocycles. The van der Waals surface area contributed by atoms with E-state index < -0.39 is 16.0 Å². The molecule has 0 aliphatic rings. The summed E-state index contributed by atoms with van der Waals surface area (Å²) in [5, 5.41) is 9.14. The summed E-state index contributed by atoms with van der Waals surface area (Å²) in [6.07, 6.45) is 1.65. The first kappa shape index (κ1) is 20.2. The molecule has 1 aromatic heterocycles. The van der Waals surface area contributed by atoms with Gasteiger partial charge in [0.05, 0.1) is 11.3 Å². The van der Waals surface area contributed by atoms with Crippen LogP contribution in [0, 0.1) is 0 Å². The third kappa shape index (κ3) is 5.17. The van der Waals surface area contributed by atoms with Crippen molar-refractivity contribution in [3.05, 3.63) is 52.8 Å². The molecule has 7 nitrogen and oxygen atoms in total. The lowest BCUT2D eigenvalue weighted by molar-refractivity contribution is -0.136. The van der Waals surface area contributed by atoms with E-state index in [4.69, 9.17) is 16.7 Å². The van der Waals surface area contributed by atoms with E-state index in [1.54, 1.807) is 23.9 Å². The molecule has 0 radical (unpaired) electrons. The van der Waals surface area contributed by atoms with Crippen LogP contribution < -0.4 is 4.72 Å². The number of carbonyl (C=O) groups is 2. The highest BCUT2D eigenvalue weighted by Crippen LogP contribution is 2.16. The average molecular weight is 399 g/mol. The largest absolute Gasteiger partial charge is 0.481 e. The maximum absolute atomic E-state index is 12.3. The highest BCUT2D eigenvalue weighted by atomic mass is 35.5. The fourth-order valence-corrected chi connectivity index (χ4v) is 3.64. The second-order valence-corrected chi connectivity index (χ2v) is 7.91. The van der Waals surface area contributed by atoms with Crippen molar-refractivity contribution in [3.63, 3.8) is 0 Å². The van der Waals surface area contributed by atoms with Gasteiger partial charge in [0.2, 0.25) is 10.0 Å². The summed E-state index contributed by atoms with van der Waals surface area (Å²) >= 11 is 5.76. The molecule has 9 heteroatoms. The van der Waals surface area contributed by atoms with Crippen LogP contribution in [0.5, 0.6) is 0 Å². The smallest absolute Gasteiger partial charge is 0.303 e. The second-order valence-electron chi connectivity index (χ2n) is 5.71. The minimum absolute atomic E-state index is 0.0944. The number of aryl methyl sites for hydroxylation is 1. The molecule has 140 valence electrons. The Morgan fingerprint density at radius 3 is 2.42 bits per heavy atom. The molecule has 1 aromatic carbocycles. The van der Waals surface area contributed by atoms with Gasteiger partial charge in [-0.1, -0.05) is 11.6 Å². The van der Waals surface area contributed by atoms with E-state index >= 15 is 0 Å². The fourth-order valence-electron chi connectivity index (χ4n) is 2.48. The SMILES string of the molecule is Cn1ccc(C(=O)CCC(=O)O)c1CCNS(=O)(=O)c1ccc(Cl)cc1. The van der Waals surface area contributed by atoms with Gasteiger partial charge in [-0.15, -0.1) is 0 Å². The number of aliphatic carboxylic acids is 1. The van der Waals surface area contributed by atoms with Crippen molar-refractivity contribution >= 4 is 33.4 Å². The fraction of sp³-hybridized carbons (Fsp3) is 0.294. The Balaban J connectivity index is 2.03. The van der Waals surface area contributed by atoms with Gasteiger partial charge in [0.25, 0.3) is 0 Å². The lowest BCUT2D eigenvalue weighted by Gasteiger charge is -2.09. The van der Waals surface area contributed by atoms with Gasteiger partial charge >= 0.3 is 5.97 Å². The molecule has 2 N–H and O–H groups in total. The summed E-state index contributed by atoms with van der Waals surface area (Å²) in [4.78, 5) is 22.9. The van der Waals surface area contributed by atoms with Crippen LogP contribution in [0.25, 0.3) is 0 Å². The number of nitrogens with one attached hydrogen (secondary N) is 1. The lowest BCUT2D eigenvalue weighted by atomic mass is 10.1. The number of aromatic nitrogens is 1. The van der Waals surface area contributed by atoms with Crippen molar-refractivity contribution in [3.8, 4) is 0 Å². The van der Waals surface area contributed by atoms with Crippen molar-refractivity contribution in [1.82, 2.24) is 9.29 Å². The average Bonchev–Trinajstić information content (AvgIpc) is 2.94. The number of hydrogen-bond donors (Lipinski definition) is 2. The number of rotatable bonds is 9. The van der Waals surface area contributed by atoms with Crippen LogP contribution in [0.15, 0.2) is 41.4 Å². The minimum Gasteiger partial charge on any atom is -0.481 e. The van der Waals surface area contributed by atoms with E-state index in [-0.39, 0.29) is 30.1 Å². The van der Waals surface area contributed by atoms with Crippen LogP contribution >= 0.6 is 11.6 Å². The highest BCUT2D eigenvalue weighted by molar-refractivity contribution is 7.89. The quantitative estimate of drug-likeness (QED) is 0.630. The van der Waals surface area contributed by atoms with Gasteiger partial charge in [0.15, 0.2) is 5.78 Å². The summed E-state index contributed by atoms with van der Waals surface area (Å²) in [5.41, 5.74) is 1.07. The maximum Gasteiger partial charge on any atom is 0.303 e. The minimum atomic E-state index is -3.68. The molecule has 0 bridgehead atoms. The van der Waals surface area contributed by atoms with Gasteiger partial charge in [-0.25, -0.2) is 13.1 Å². The molecule has 0 amide bonds. The first-order valence-corrected chi connectivity index (χ1v) is 9.71. The van der Waals surface area contributed by atoms with Gasteiger partial charge in [0.1, 0.15) is 0 Å². The van der Waals surface area contributed by atoms with Gasteiger partial charge in [-0.2, -0.15) is 0 Å². The molecular formula is C17H19ClN2O5S. The first-order valence-electron chi connectivity index (χ1n) is 7.85. The molecule has 0 saturated carbocycles. The number of carboxylic acids is 1. The summed E-state index contributed by atoms with van der Waals surface area (Å²) in [7, 11) is -1.93.